The van der Waals surface area contributed by atoms with E-state index in [9.17, 15) is 0 Å². The third kappa shape index (κ3) is 3.49. The Labute approximate surface area is 125 Å². The summed E-state index contributed by atoms with van der Waals surface area (Å²) in [6.07, 6.45) is 0.802. The van der Waals surface area contributed by atoms with Crippen molar-refractivity contribution in [2.75, 3.05) is 19.6 Å². The molecule has 0 saturated carbocycles. The Hall–Kier alpha value is -1.72. The molecular weight excluding hydrogens is 264 g/mol. The van der Waals surface area contributed by atoms with Crippen molar-refractivity contribution in [3.05, 3.63) is 47.6 Å². The fraction of sp³-hybridized carbons (Fsp3) is 0.500. The minimum Gasteiger partial charge on any atom is -0.339 e. The van der Waals surface area contributed by atoms with E-state index in [1.54, 1.807) is 0 Å². The molecule has 2 heterocycles. The summed E-state index contributed by atoms with van der Waals surface area (Å²) in [6, 6.07) is 11.6. The second-order valence-electron chi connectivity index (χ2n) is 5.72. The van der Waals surface area contributed by atoms with Crippen LogP contribution < -0.4 is 5.32 Å². The summed E-state index contributed by atoms with van der Waals surface area (Å²) in [5, 5.41) is 7.43. The van der Waals surface area contributed by atoms with Gasteiger partial charge in [0, 0.05) is 38.1 Å². The van der Waals surface area contributed by atoms with Gasteiger partial charge < -0.3 is 9.84 Å². The molecule has 2 atom stereocenters. The fourth-order valence-corrected chi connectivity index (χ4v) is 2.92. The SMILES string of the molecule is Cc1noc(CCN2CC(C)NCC2c2ccccc2)n1. The number of nitrogens with one attached hydrogen (secondary N) is 1. The first-order valence-electron chi connectivity index (χ1n) is 7.54. The van der Waals surface area contributed by atoms with E-state index < -0.39 is 0 Å². The van der Waals surface area contributed by atoms with Gasteiger partial charge >= 0.3 is 0 Å². The van der Waals surface area contributed by atoms with E-state index in [1.165, 1.54) is 5.56 Å². The Balaban J connectivity index is 1.69. The standard InChI is InChI=1S/C16H22N4O/c1-12-11-20(9-8-16-18-13(2)19-21-16)15(10-17-12)14-6-4-3-5-7-14/h3-7,12,15,17H,8-11H2,1-2H3. The molecule has 0 spiro atoms. The van der Waals surface area contributed by atoms with Crippen molar-refractivity contribution >= 4 is 0 Å². The summed E-state index contributed by atoms with van der Waals surface area (Å²) < 4.78 is 5.22. The summed E-state index contributed by atoms with van der Waals surface area (Å²) in [6.45, 7) is 7.03. The second-order valence-corrected chi connectivity index (χ2v) is 5.72. The number of piperazine rings is 1. The first kappa shape index (κ1) is 14.2. The van der Waals surface area contributed by atoms with Gasteiger partial charge in [0.25, 0.3) is 0 Å². The Morgan fingerprint density at radius 3 is 2.86 bits per heavy atom. The van der Waals surface area contributed by atoms with Gasteiger partial charge in [0.15, 0.2) is 5.82 Å². The van der Waals surface area contributed by atoms with Crippen molar-refractivity contribution in [1.82, 2.24) is 20.4 Å². The Morgan fingerprint density at radius 1 is 1.33 bits per heavy atom. The number of benzene rings is 1. The van der Waals surface area contributed by atoms with Gasteiger partial charge in [-0.3, -0.25) is 4.90 Å². The summed E-state index contributed by atoms with van der Waals surface area (Å²) in [5.41, 5.74) is 1.36. The highest BCUT2D eigenvalue weighted by Gasteiger charge is 2.26. The van der Waals surface area contributed by atoms with Crippen LogP contribution in [0.25, 0.3) is 0 Å². The molecule has 1 fully saturated rings. The highest BCUT2D eigenvalue weighted by molar-refractivity contribution is 5.20. The van der Waals surface area contributed by atoms with Crippen molar-refractivity contribution in [1.29, 1.82) is 0 Å². The van der Waals surface area contributed by atoms with Crippen LogP contribution >= 0.6 is 0 Å². The Bertz CT molecular complexity index is 569. The predicted octanol–water partition coefficient (Wildman–Crippen LogP) is 1.96. The molecule has 5 heteroatoms. The minimum absolute atomic E-state index is 0.409. The van der Waals surface area contributed by atoms with Crippen molar-refractivity contribution in [3.63, 3.8) is 0 Å². The van der Waals surface area contributed by atoms with Crippen LogP contribution in [0.5, 0.6) is 0 Å². The lowest BCUT2D eigenvalue weighted by Gasteiger charge is -2.39. The Kier molecular flexibility index (Phi) is 4.31. The molecule has 1 saturated heterocycles. The van der Waals surface area contributed by atoms with E-state index in [4.69, 9.17) is 4.52 Å². The van der Waals surface area contributed by atoms with Crippen LogP contribution in [-0.4, -0.2) is 40.7 Å². The molecule has 3 rings (SSSR count). The van der Waals surface area contributed by atoms with Gasteiger partial charge in [-0.2, -0.15) is 4.98 Å². The average molecular weight is 286 g/mol. The van der Waals surface area contributed by atoms with Gasteiger partial charge in [-0.15, -0.1) is 0 Å². The van der Waals surface area contributed by atoms with E-state index in [1.807, 2.05) is 6.92 Å². The molecule has 5 nitrogen and oxygen atoms in total. The maximum atomic E-state index is 5.22. The summed E-state index contributed by atoms with van der Waals surface area (Å²) in [7, 11) is 0. The zero-order chi connectivity index (χ0) is 14.7. The normalized spacial score (nSPS) is 23.3. The molecule has 2 aromatic rings. The molecular formula is C16H22N4O. The van der Waals surface area contributed by atoms with Gasteiger partial charge in [-0.1, -0.05) is 35.5 Å². The average Bonchev–Trinajstić information content (AvgIpc) is 2.92. The molecule has 1 aliphatic rings. The maximum Gasteiger partial charge on any atom is 0.227 e. The van der Waals surface area contributed by atoms with E-state index in [2.05, 4.69) is 57.6 Å². The Morgan fingerprint density at radius 2 is 2.14 bits per heavy atom. The zero-order valence-electron chi connectivity index (χ0n) is 12.6. The molecule has 1 aromatic carbocycles. The molecule has 0 bridgehead atoms. The molecule has 0 amide bonds. The third-order valence-electron chi connectivity index (χ3n) is 3.98. The van der Waals surface area contributed by atoms with Gasteiger partial charge in [0.2, 0.25) is 5.89 Å². The van der Waals surface area contributed by atoms with Gasteiger partial charge in [0.1, 0.15) is 0 Å². The van der Waals surface area contributed by atoms with Crippen LogP contribution in [0.4, 0.5) is 0 Å². The number of aryl methyl sites for hydroxylation is 1. The number of nitrogens with zero attached hydrogens (tertiary/aromatic N) is 3. The van der Waals surface area contributed by atoms with E-state index in [-0.39, 0.29) is 0 Å². The molecule has 21 heavy (non-hydrogen) atoms. The molecule has 0 aliphatic carbocycles. The van der Waals surface area contributed by atoms with Crippen molar-refractivity contribution in [2.24, 2.45) is 0 Å². The van der Waals surface area contributed by atoms with Crippen molar-refractivity contribution in [2.45, 2.75) is 32.4 Å². The zero-order valence-corrected chi connectivity index (χ0v) is 12.6. The monoisotopic (exact) mass is 286 g/mol. The quantitative estimate of drug-likeness (QED) is 0.931. The van der Waals surface area contributed by atoms with Gasteiger partial charge in [0.05, 0.1) is 0 Å². The fourth-order valence-electron chi connectivity index (χ4n) is 2.92. The highest BCUT2D eigenvalue weighted by Crippen LogP contribution is 2.23. The second kappa shape index (κ2) is 6.37. The number of rotatable bonds is 4. The molecule has 1 N–H and O–H groups in total. The van der Waals surface area contributed by atoms with E-state index in [0.717, 1.165) is 31.9 Å². The van der Waals surface area contributed by atoms with Gasteiger partial charge in [-0.05, 0) is 19.4 Å². The van der Waals surface area contributed by atoms with Crippen LogP contribution in [0.15, 0.2) is 34.9 Å². The van der Waals surface area contributed by atoms with Crippen LogP contribution in [0.2, 0.25) is 0 Å². The van der Waals surface area contributed by atoms with E-state index in [0.29, 0.717) is 17.9 Å². The first-order valence-corrected chi connectivity index (χ1v) is 7.54. The minimum atomic E-state index is 0.409. The predicted molar refractivity (Wildman–Crippen MR) is 81.0 cm³/mol. The van der Waals surface area contributed by atoms with Crippen LogP contribution in [-0.2, 0) is 6.42 Å². The summed E-state index contributed by atoms with van der Waals surface area (Å²) in [5.74, 6) is 1.43. The lowest BCUT2D eigenvalue weighted by molar-refractivity contribution is 0.133. The van der Waals surface area contributed by atoms with Crippen molar-refractivity contribution < 1.29 is 4.52 Å². The maximum absolute atomic E-state index is 5.22. The van der Waals surface area contributed by atoms with E-state index >= 15 is 0 Å². The largest absolute Gasteiger partial charge is 0.339 e. The number of hydrogen-bond donors (Lipinski definition) is 1. The first-order chi connectivity index (χ1) is 10.2. The number of hydrogen-bond acceptors (Lipinski definition) is 5. The molecule has 1 aromatic heterocycles. The molecule has 1 aliphatic heterocycles. The summed E-state index contributed by atoms with van der Waals surface area (Å²) >= 11 is 0. The summed E-state index contributed by atoms with van der Waals surface area (Å²) in [4.78, 5) is 6.80. The van der Waals surface area contributed by atoms with Crippen LogP contribution in [0, 0.1) is 6.92 Å². The van der Waals surface area contributed by atoms with Crippen molar-refractivity contribution in [3.8, 4) is 0 Å². The molecule has 112 valence electrons. The lowest BCUT2D eigenvalue weighted by atomic mass is 10.0. The number of aromatic nitrogens is 2. The highest BCUT2D eigenvalue weighted by atomic mass is 16.5. The van der Waals surface area contributed by atoms with Crippen LogP contribution in [0.1, 0.15) is 30.2 Å². The molecule has 0 radical (unpaired) electrons. The van der Waals surface area contributed by atoms with Crippen LogP contribution in [0.3, 0.4) is 0 Å². The topological polar surface area (TPSA) is 54.2 Å². The third-order valence-corrected chi connectivity index (χ3v) is 3.98. The lowest BCUT2D eigenvalue weighted by Crippen LogP contribution is -2.51. The smallest absolute Gasteiger partial charge is 0.227 e. The molecule has 2 unspecified atom stereocenters. The van der Waals surface area contributed by atoms with Gasteiger partial charge in [-0.25, -0.2) is 0 Å².